The van der Waals surface area contributed by atoms with Crippen molar-refractivity contribution in [2.24, 2.45) is 0 Å². The highest BCUT2D eigenvalue weighted by molar-refractivity contribution is 5.94. The van der Waals surface area contributed by atoms with Gasteiger partial charge in [0.1, 0.15) is 6.61 Å². The van der Waals surface area contributed by atoms with Crippen LogP contribution in [0.25, 0.3) is 0 Å². The van der Waals surface area contributed by atoms with Crippen LogP contribution in [0.3, 0.4) is 0 Å². The second-order valence-corrected chi connectivity index (χ2v) is 2.96. The van der Waals surface area contributed by atoms with Crippen molar-refractivity contribution < 1.29 is 9.53 Å². The third kappa shape index (κ3) is 2.81. The summed E-state index contributed by atoms with van der Waals surface area (Å²) in [6.45, 7) is 12.2. The van der Waals surface area contributed by atoms with Crippen molar-refractivity contribution in [2.75, 3.05) is 0 Å². The molecular formula is C13H21NO2. The molecule has 0 saturated carbocycles. The molecule has 1 aliphatic heterocycles. The van der Waals surface area contributed by atoms with E-state index in [0.29, 0.717) is 12.2 Å². The molecule has 0 saturated heterocycles. The Bertz CT molecular complexity index is 359. The Labute approximate surface area is 97.9 Å². The molecule has 0 unspecified atom stereocenters. The number of hydrogen-bond acceptors (Lipinski definition) is 3. The third-order valence-electron chi connectivity index (χ3n) is 2.14. The van der Waals surface area contributed by atoms with Gasteiger partial charge in [0.25, 0.3) is 0 Å². The fourth-order valence-corrected chi connectivity index (χ4v) is 1.42. The maximum atomic E-state index is 11.2. The van der Waals surface area contributed by atoms with Crippen LogP contribution in [0.15, 0.2) is 6.20 Å². The summed E-state index contributed by atoms with van der Waals surface area (Å²) in [5.74, 6) is -0.237. The zero-order valence-corrected chi connectivity index (χ0v) is 11.0. The quantitative estimate of drug-likeness (QED) is 0.633. The summed E-state index contributed by atoms with van der Waals surface area (Å²) in [6, 6.07) is 0. The number of nitrogens with zero attached hydrogens (tertiary/aromatic N) is 1. The highest BCUT2D eigenvalue weighted by atomic mass is 16.5. The zero-order valence-electron chi connectivity index (χ0n) is 11.0. The summed E-state index contributed by atoms with van der Waals surface area (Å²) in [4.78, 5) is 15.3. The van der Waals surface area contributed by atoms with Gasteiger partial charge in [-0.1, -0.05) is 27.7 Å². The lowest BCUT2D eigenvalue weighted by molar-refractivity contribution is 0.0534. The molecule has 1 aromatic rings. The molecule has 1 aliphatic rings. The fourth-order valence-electron chi connectivity index (χ4n) is 1.42. The van der Waals surface area contributed by atoms with Crippen molar-refractivity contribution in [1.29, 1.82) is 0 Å². The maximum Gasteiger partial charge on any atom is 0.340 e. The zero-order chi connectivity index (χ0) is 12.7. The molecule has 2 rings (SSSR count). The average Bonchev–Trinajstić information content (AvgIpc) is 2.73. The van der Waals surface area contributed by atoms with Gasteiger partial charge in [0, 0.05) is 11.8 Å². The first kappa shape index (κ1) is 14.6. The van der Waals surface area contributed by atoms with Gasteiger partial charge in [-0.25, -0.2) is 4.79 Å². The van der Waals surface area contributed by atoms with Crippen molar-refractivity contribution in [1.82, 2.24) is 4.98 Å². The standard InChI is InChI=1S/C9H9NO2.2C2H6/c1-5-3-10-6(2)8-7(5)4-12-9(8)11;2*1-2/h3H,4H2,1-2H3;2*1-2H3. The number of esters is 1. The SMILES string of the molecule is CC.CC.Cc1cnc(C)c2c1COC2=O. The molecule has 0 spiro atoms. The predicted octanol–water partition coefficient (Wildman–Crippen LogP) is 3.42. The van der Waals surface area contributed by atoms with Crippen molar-refractivity contribution in [3.8, 4) is 0 Å². The first-order valence-corrected chi connectivity index (χ1v) is 5.82. The number of aryl methyl sites for hydroxylation is 2. The Hall–Kier alpha value is -1.38. The number of rotatable bonds is 0. The summed E-state index contributed by atoms with van der Waals surface area (Å²) in [6.07, 6.45) is 1.77. The maximum absolute atomic E-state index is 11.2. The van der Waals surface area contributed by atoms with Crippen LogP contribution in [0.1, 0.15) is 54.9 Å². The Morgan fingerprint density at radius 2 is 1.75 bits per heavy atom. The molecule has 0 N–H and O–H groups in total. The molecule has 1 aromatic heterocycles. The van der Waals surface area contributed by atoms with Gasteiger partial charge in [-0.3, -0.25) is 4.98 Å². The van der Waals surface area contributed by atoms with E-state index in [1.54, 1.807) is 6.20 Å². The summed E-state index contributed by atoms with van der Waals surface area (Å²) in [7, 11) is 0. The molecule has 0 aromatic carbocycles. The van der Waals surface area contributed by atoms with Gasteiger partial charge in [-0.15, -0.1) is 0 Å². The highest BCUT2D eigenvalue weighted by Gasteiger charge is 2.25. The van der Waals surface area contributed by atoms with E-state index < -0.39 is 0 Å². The summed E-state index contributed by atoms with van der Waals surface area (Å²) in [5, 5.41) is 0. The number of ether oxygens (including phenoxy) is 1. The number of carbonyl (C=O) groups excluding carboxylic acids is 1. The minimum absolute atomic E-state index is 0.237. The lowest BCUT2D eigenvalue weighted by Gasteiger charge is -2.00. The molecule has 2 heterocycles. The van der Waals surface area contributed by atoms with E-state index in [2.05, 4.69) is 4.98 Å². The van der Waals surface area contributed by atoms with E-state index in [4.69, 9.17) is 4.74 Å². The topological polar surface area (TPSA) is 39.2 Å². The lowest BCUT2D eigenvalue weighted by Crippen LogP contribution is -2.00. The molecule has 3 heteroatoms. The molecule has 0 amide bonds. The van der Waals surface area contributed by atoms with Gasteiger partial charge in [0.15, 0.2) is 0 Å². The molecule has 3 nitrogen and oxygen atoms in total. The van der Waals surface area contributed by atoms with Gasteiger partial charge < -0.3 is 4.74 Å². The lowest BCUT2D eigenvalue weighted by atomic mass is 10.1. The van der Waals surface area contributed by atoms with E-state index >= 15 is 0 Å². The van der Waals surface area contributed by atoms with Crippen LogP contribution in [-0.2, 0) is 11.3 Å². The molecule has 90 valence electrons. The van der Waals surface area contributed by atoms with E-state index in [9.17, 15) is 4.79 Å². The number of aromatic nitrogens is 1. The Kier molecular flexibility index (Phi) is 6.38. The molecule has 0 aliphatic carbocycles. The molecular weight excluding hydrogens is 202 g/mol. The molecule has 0 radical (unpaired) electrons. The highest BCUT2D eigenvalue weighted by Crippen LogP contribution is 2.24. The summed E-state index contributed by atoms with van der Waals surface area (Å²) in [5.41, 5.74) is 3.45. The normalized spacial score (nSPS) is 11.5. The van der Waals surface area contributed by atoms with Crippen molar-refractivity contribution >= 4 is 5.97 Å². The second-order valence-electron chi connectivity index (χ2n) is 2.96. The van der Waals surface area contributed by atoms with Crippen LogP contribution in [0.4, 0.5) is 0 Å². The second kappa shape index (κ2) is 6.99. The smallest absolute Gasteiger partial charge is 0.340 e. The minimum atomic E-state index is -0.237. The molecule has 0 bridgehead atoms. The van der Waals surface area contributed by atoms with Crippen molar-refractivity contribution in [3.05, 3.63) is 28.6 Å². The van der Waals surface area contributed by atoms with Gasteiger partial charge in [-0.2, -0.15) is 0 Å². The Balaban J connectivity index is 0.000000509. The van der Waals surface area contributed by atoms with Crippen LogP contribution >= 0.6 is 0 Å². The minimum Gasteiger partial charge on any atom is -0.457 e. The molecule has 16 heavy (non-hydrogen) atoms. The summed E-state index contributed by atoms with van der Waals surface area (Å²) >= 11 is 0. The number of cyclic esters (lactones) is 1. The average molecular weight is 223 g/mol. The van der Waals surface area contributed by atoms with Gasteiger partial charge in [0.2, 0.25) is 0 Å². The summed E-state index contributed by atoms with van der Waals surface area (Å²) < 4.78 is 4.91. The van der Waals surface area contributed by atoms with Crippen LogP contribution in [-0.4, -0.2) is 11.0 Å². The van der Waals surface area contributed by atoms with Crippen LogP contribution in [0.5, 0.6) is 0 Å². The van der Waals surface area contributed by atoms with E-state index in [1.807, 2.05) is 41.5 Å². The first-order chi connectivity index (χ1) is 7.70. The predicted molar refractivity (Wildman–Crippen MR) is 65.5 cm³/mol. The van der Waals surface area contributed by atoms with E-state index in [0.717, 1.165) is 16.8 Å². The van der Waals surface area contributed by atoms with Crippen LogP contribution < -0.4 is 0 Å². The van der Waals surface area contributed by atoms with Gasteiger partial charge in [-0.05, 0) is 19.4 Å². The van der Waals surface area contributed by atoms with Crippen molar-refractivity contribution in [3.63, 3.8) is 0 Å². The van der Waals surface area contributed by atoms with Gasteiger partial charge in [0.05, 0.1) is 11.3 Å². The van der Waals surface area contributed by atoms with Crippen LogP contribution in [0.2, 0.25) is 0 Å². The van der Waals surface area contributed by atoms with E-state index in [1.165, 1.54) is 0 Å². The Morgan fingerprint density at radius 3 is 2.25 bits per heavy atom. The van der Waals surface area contributed by atoms with E-state index in [-0.39, 0.29) is 5.97 Å². The number of fused-ring (bicyclic) bond motifs is 1. The first-order valence-electron chi connectivity index (χ1n) is 5.82. The van der Waals surface area contributed by atoms with Crippen LogP contribution in [0, 0.1) is 13.8 Å². The van der Waals surface area contributed by atoms with Crippen molar-refractivity contribution in [2.45, 2.75) is 48.1 Å². The fraction of sp³-hybridized carbons (Fsp3) is 0.538. The van der Waals surface area contributed by atoms with Gasteiger partial charge >= 0.3 is 5.97 Å². The Morgan fingerprint density at radius 1 is 1.19 bits per heavy atom. The molecule has 0 atom stereocenters. The third-order valence-corrected chi connectivity index (χ3v) is 2.14. The number of hydrogen-bond donors (Lipinski definition) is 0. The largest absolute Gasteiger partial charge is 0.457 e. The number of carbonyl (C=O) groups is 1. The molecule has 0 fully saturated rings. The monoisotopic (exact) mass is 223 g/mol. The number of pyridine rings is 1.